The topological polar surface area (TPSA) is 54.3 Å². The fourth-order valence-corrected chi connectivity index (χ4v) is 5.99. The largest absolute Gasteiger partial charge is 0.351 e. The molecule has 0 bridgehead atoms. The first-order valence-corrected chi connectivity index (χ1v) is 12.1. The molecule has 0 radical (unpaired) electrons. The van der Waals surface area contributed by atoms with Gasteiger partial charge in [0.25, 0.3) is 5.91 Å². The van der Waals surface area contributed by atoms with Crippen molar-refractivity contribution in [2.45, 2.75) is 70.5 Å². The van der Waals surface area contributed by atoms with Crippen LogP contribution in [0.25, 0.3) is 10.2 Å². The van der Waals surface area contributed by atoms with E-state index in [4.69, 9.17) is 0 Å². The van der Waals surface area contributed by atoms with Gasteiger partial charge in [-0.25, -0.2) is 0 Å². The molecule has 5 rings (SSSR count). The Labute approximate surface area is 187 Å². The maximum atomic E-state index is 13.8. The highest BCUT2D eigenvalue weighted by atomic mass is 32.1. The predicted molar refractivity (Wildman–Crippen MR) is 126 cm³/mol. The van der Waals surface area contributed by atoms with Gasteiger partial charge in [0.2, 0.25) is 5.91 Å². The minimum absolute atomic E-state index is 0.0567. The fraction of sp³-hybridized carbons (Fsp3) is 0.440. The van der Waals surface area contributed by atoms with E-state index in [1.54, 1.807) is 16.2 Å². The summed E-state index contributed by atoms with van der Waals surface area (Å²) in [6.45, 7) is 4.37. The number of carbonyl (C=O) groups excluding carboxylic acids is 2. The number of nitrogens with one attached hydrogen (secondary N) is 1. The minimum atomic E-state index is -1.00. The van der Waals surface area contributed by atoms with Crippen molar-refractivity contribution in [1.29, 1.82) is 0 Å². The molecule has 31 heavy (non-hydrogen) atoms. The van der Waals surface area contributed by atoms with Crippen molar-refractivity contribution in [2.24, 2.45) is 0 Å². The number of thiophene rings is 1. The van der Waals surface area contributed by atoms with Gasteiger partial charge in [-0.1, -0.05) is 43.9 Å². The summed E-state index contributed by atoms with van der Waals surface area (Å²) in [5.74, 6) is -0.166. The first-order valence-electron chi connectivity index (χ1n) is 11.3. The average molecular weight is 436 g/mol. The van der Waals surface area contributed by atoms with Gasteiger partial charge in [-0.05, 0) is 55.8 Å². The quantitative estimate of drug-likeness (QED) is 0.570. The summed E-state index contributed by atoms with van der Waals surface area (Å²) in [4.78, 5) is 29.4. The lowest BCUT2D eigenvalue weighted by Gasteiger charge is -2.45. The molecular formula is C25H29N3O2S. The van der Waals surface area contributed by atoms with E-state index in [-0.39, 0.29) is 17.9 Å². The van der Waals surface area contributed by atoms with Crippen molar-refractivity contribution in [1.82, 2.24) is 9.88 Å². The smallest absolute Gasteiger partial charge is 0.275 e. The molecule has 0 saturated heterocycles. The summed E-state index contributed by atoms with van der Waals surface area (Å²) < 4.78 is 3.12. The summed E-state index contributed by atoms with van der Waals surface area (Å²) in [5.41, 5.74) is 2.49. The number of hydrogen-bond donors (Lipinski definition) is 1. The van der Waals surface area contributed by atoms with Crippen LogP contribution in [-0.4, -0.2) is 28.0 Å². The zero-order chi connectivity index (χ0) is 21.6. The zero-order valence-corrected chi connectivity index (χ0v) is 19.0. The number of hydrogen-bond acceptors (Lipinski definition) is 3. The molecular weight excluding hydrogens is 406 g/mol. The van der Waals surface area contributed by atoms with Crippen LogP contribution in [0.5, 0.6) is 0 Å². The molecule has 1 N–H and O–H groups in total. The Bertz CT molecular complexity index is 1140. The standard InChI is InChI=1S/C25H29N3O2S/c1-17-9-7-8-12-19(17)28-23(29)21-15-22-20(13-14-31-22)27(21)16-25(28,2)24(30)26-18-10-5-3-4-6-11-18/h7-9,12-15,18H,3-6,10-11,16H2,1-2H3,(H,26,30)/t25-/m1/s1. The second-order valence-corrected chi connectivity index (χ2v) is 10.1. The van der Waals surface area contributed by atoms with E-state index in [9.17, 15) is 9.59 Å². The van der Waals surface area contributed by atoms with Gasteiger partial charge in [-0.15, -0.1) is 11.3 Å². The SMILES string of the molecule is Cc1ccccc1N1C(=O)c2cc3sccc3n2C[C@]1(C)C(=O)NC1CCCCCC1. The highest BCUT2D eigenvalue weighted by molar-refractivity contribution is 7.17. The Kier molecular flexibility index (Phi) is 5.13. The third-order valence-corrected chi connectivity index (χ3v) is 7.79. The van der Waals surface area contributed by atoms with Crippen molar-refractivity contribution >= 4 is 39.1 Å². The number of rotatable bonds is 3. The lowest BCUT2D eigenvalue weighted by molar-refractivity contribution is -0.127. The van der Waals surface area contributed by atoms with Gasteiger partial charge < -0.3 is 9.88 Å². The maximum absolute atomic E-state index is 13.8. The molecule has 2 aromatic heterocycles. The van der Waals surface area contributed by atoms with Crippen LogP contribution < -0.4 is 10.2 Å². The fourth-order valence-electron chi connectivity index (χ4n) is 5.17. The van der Waals surface area contributed by atoms with Gasteiger partial charge in [0.1, 0.15) is 11.2 Å². The van der Waals surface area contributed by atoms with Gasteiger partial charge in [-0.2, -0.15) is 0 Å². The molecule has 1 aromatic carbocycles. The molecule has 1 aliphatic heterocycles. The number of para-hydroxylation sites is 1. The van der Waals surface area contributed by atoms with Crippen molar-refractivity contribution in [2.75, 3.05) is 4.90 Å². The summed E-state index contributed by atoms with van der Waals surface area (Å²) in [6, 6.07) is 12.1. The Morgan fingerprint density at radius 3 is 2.61 bits per heavy atom. The number of benzene rings is 1. The molecule has 3 heterocycles. The van der Waals surface area contributed by atoms with E-state index >= 15 is 0 Å². The highest BCUT2D eigenvalue weighted by Crippen LogP contribution is 2.38. The number of aryl methyl sites for hydroxylation is 1. The van der Waals surface area contributed by atoms with Crippen LogP contribution in [-0.2, 0) is 11.3 Å². The van der Waals surface area contributed by atoms with Crippen molar-refractivity contribution < 1.29 is 9.59 Å². The second kappa shape index (κ2) is 7.83. The normalized spacial score (nSPS) is 22.4. The monoisotopic (exact) mass is 435 g/mol. The van der Waals surface area contributed by atoms with Gasteiger partial charge in [0, 0.05) is 11.7 Å². The van der Waals surface area contributed by atoms with Gasteiger partial charge in [0.15, 0.2) is 0 Å². The molecule has 5 nitrogen and oxygen atoms in total. The molecule has 162 valence electrons. The van der Waals surface area contributed by atoms with E-state index in [1.807, 2.05) is 60.2 Å². The van der Waals surface area contributed by atoms with Crippen LogP contribution in [0.2, 0.25) is 0 Å². The molecule has 6 heteroatoms. The third-order valence-electron chi connectivity index (χ3n) is 6.94. The zero-order valence-electron chi connectivity index (χ0n) is 18.2. The predicted octanol–water partition coefficient (Wildman–Crippen LogP) is 5.27. The number of carbonyl (C=O) groups is 2. The molecule has 3 aromatic rings. The van der Waals surface area contributed by atoms with E-state index in [1.165, 1.54) is 12.8 Å². The third kappa shape index (κ3) is 3.37. The number of fused-ring (bicyclic) bond motifs is 3. The first-order chi connectivity index (χ1) is 15.0. The number of aromatic nitrogens is 1. The number of amides is 2. The first kappa shape index (κ1) is 20.3. The summed E-state index contributed by atoms with van der Waals surface area (Å²) in [6.07, 6.45) is 6.81. The second-order valence-electron chi connectivity index (χ2n) is 9.15. The Morgan fingerprint density at radius 1 is 1.13 bits per heavy atom. The lowest BCUT2D eigenvalue weighted by atomic mass is 9.92. The van der Waals surface area contributed by atoms with Crippen LogP contribution in [0.1, 0.15) is 61.5 Å². The lowest BCUT2D eigenvalue weighted by Crippen LogP contribution is -2.65. The molecule has 1 fully saturated rings. The molecule has 1 atom stereocenters. The molecule has 1 saturated carbocycles. The van der Waals surface area contributed by atoms with E-state index in [2.05, 4.69) is 5.32 Å². The van der Waals surface area contributed by atoms with Crippen LogP contribution in [0, 0.1) is 6.92 Å². The average Bonchev–Trinajstić information content (AvgIpc) is 3.24. The highest BCUT2D eigenvalue weighted by Gasteiger charge is 2.49. The van der Waals surface area contributed by atoms with Gasteiger partial charge in [0.05, 0.1) is 16.8 Å². The molecule has 0 unspecified atom stereocenters. The van der Waals surface area contributed by atoms with Crippen LogP contribution in [0.4, 0.5) is 5.69 Å². The number of nitrogens with zero attached hydrogens (tertiary/aromatic N) is 2. The van der Waals surface area contributed by atoms with Crippen molar-refractivity contribution in [3.63, 3.8) is 0 Å². The Morgan fingerprint density at radius 2 is 1.87 bits per heavy atom. The minimum Gasteiger partial charge on any atom is -0.351 e. The van der Waals surface area contributed by atoms with Crippen LogP contribution in [0.15, 0.2) is 41.8 Å². The molecule has 0 spiro atoms. The van der Waals surface area contributed by atoms with E-state index in [0.717, 1.165) is 47.2 Å². The van der Waals surface area contributed by atoms with Crippen molar-refractivity contribution in [3.05, 3.63) is 53.0 Å². The summed E-state index contributed by atoms with van der Waals surface area (Å²) >= 11 is 1.63. The van der Waals surface area contributed by atoms with Gasteiger partial charge in [-0.3, -0.25) is 14.5 Å². The Hall–Kier alpha value is -2.60. The molecule has 2 amide bonds. The van der Waals surface area contributed by atoms with Crippen LogP contribution in [0.3, 0.4) is 0 Å². The van der Waals surface area contributed by atoms with E-state index in [0.29, 0.717) is 12.2 Å². The summed E-state index contributed by atoms with van der Waals surface area (Å²) in [7, 11) is 0. The summed E-state index contributed by atoms with van der Waals surface area (Å²) in [5, 5.41) is 5.37. The maximum Gasteiger partial charge on any atom is 0.275 e. The van der Waals surface area contributed by atoms with Crippen molar-refractivity contribution in [3.8, 4) is 0 Å². The van der Waals surface area contributed by atoms with Crippen LogP contribution >= 0.6 is 11.3 Å². The molecule has 1 aliphatic carbocycles. The number of anilines is 1. The van der Waals surface area contributed by atoms with E-state index < -0.39 is 5.54 Å². The molecule has 2 aliphatic rings. The Balaban J connectivity index is 1.59. The van der Waals surface area contributed by atoms with Gasteiger partial charge >= 0.3 is 0 Å².